The highest BCUT2D eigenvalue weighted by Crippen LogP contribution is 2.19. The van der Waals surface area contributed by atoms with Crippen LogP contribution < -0.4 is 10.5 Å². The van der Waals surface area contributed by atoms with Gasteiger partial charge in [-0.05, 0) is 18.6 Å². The van der Waals surface area contributed by atoms with Crippen molar-refractivity contribution in [2.45, 2.75) is 31.6 Å². The number of halogens is 1. The van der Waals surface area contributed by atoms with Crippen molar-refractivity contribution in [1.29, 1.82) is 0 Å². The van der Waals surface area contributed by atoms with Crippen molar-refractivity contribution in [3.63, 3.8) is 0 Å². The molecule has 2 N–H and O–H groups in total. The van der Waals surface area contributed by atoms with Gasteiger partial charge in [0, 0.05) is 12.3 Å². The van der Waals surface area contributed by atoms with Gasteiger partial charge in [-0.1, -0.05) is 30.8 Å². The summed E-state index contributed by atoms with van der Waals surface area (Å²) < 4.78 is 20.8. The van der Waals surface area contributed by atoms with Gasteiger partial charge >= 0.3 is 0 Å². The quantitative estimate of drug-likeness (QED) is 0.599. The number of benzene rings is 1. The first-order valence-corrected chi connectivity index (χ1v) is 7.87. The van der Waals surface area contributed by atoms with E-state index in [2.05, 4.69) is 17.1 Å². The van der Waals surface area contributed by atoms with Crippen LogP contribution in [0.25, 0.3) is 0 Å². The number of hydrogen-bond donors (Lipinski definition) is 1. The van der Waals surface area contributed by atoms with Gasteiger partial charge in [0.15, 0.2) is 16.7 Å². The van der Waals surface area contributed by atoms with Gasteiger partial charge in [0.2, 0.25) is 0 Å². The Balaban J connectivity index is 1.86. The van der Waals surface area contributed by atoms with E-state index in [1.54, 1.807) is 18.2 Å². The molecule has 2 rings (SSSR count). The summed E-state index contributed by atoms with van der Waals surface area (Å²) in [6.07, 6.45) is 0.990. The summed E-state index contributed by atoms with van der Waals surface area (Å²) >= 11 is 1.53. The standard InChI is InChI=1S/C14H19FN4OS/c1-2-7-19-13(10-16)17-18-14(19)21-9-8-20-12-6-4-3-5-11(12)15/h3-6H,2,7-10,16H2,1H3. The summed E-state index contributed by atoms with van der Waals surface area (Å²) in [5, 5.41) is 9.03. The minimum atomic E-state index is -0.345. The lowest BCUT2D eigenvalue weighted by atomic mass is 10.3. The molecule has 2 aromatic rings. The summed E-state index contributed by atoms with van der Waals surface area (Å²) in [5.74, 6) is 1.38. The van der Waals surface area contributed by atoms with Crippen molar-refractivity contribution in [3.8, 4) is 5.75 Å². The van der Waals surface area contributed by atoms with Crippen molar-refractivity contribution >= 4 is 11.8 Å². The van der Waals surface area contributed by atoms with E-state index >= 15 is 0 Å². The number of ether oxygens (including phenoxy) is 1. The van der Waals surface area contributed by atoms with E-state index in [1.165, 1.54) is 17.8 Å². The minimum absolute atomic E-state index is 0.274. The maximum absolute atomic E-state index is 13.4. The highest BCUT2D eigenvalue weighted by Gasteiger charge is 2.10. The number of nitrogens with zero attached hydrogens (tertiary/aromatic N) is 3. The van der Waals surface area contributed by atoms with Gasteiger partial charge in [-0.3, -0.25) is 0 Å². The molecule has 0 radical (unpaired) electrons. The van der Waals surface area contributed by atoms with Crippen LogP contribution in [0.3, 0.4) is 0 Å². The molecule has 0 atom stereocenters. The van der Waals surface area contributed by atoms with Crippen LogP contribution in [0.1, 0.15) is 19.2 Å². The second kappa shape index (κ2) is 7.99. The number of nitrogens with two attached hydrogens (primary N) is 1. The maximum Gasteiger partial charge on any atom is 0.191 e. The molecule has 114 valence electrons. The molecule has 0 saturated carbocycles. The van der Waals surface area contributed by atoms with Gasteiger partial charge in [-0.15, -0.1) is 10.2 Å². The van der Waals surface area contributed by atoms with Gasteiger partial charge in [0.25, 0.3) is 0 Å². The zero-order valence-corrected chi connectivity index (χ0v) is 12.8. The van der Waals surface area contributed by atoms with Crippen LogP contribution >= 0.6 is 11.8 Å². The van der Waals surface area contributed by atoms with Crippen molar-refractivity contribution < 1.29 is 9.13 Å². The van der Waals surface area contributed by atoms with Crippen molar-refractivity contribution in [3.05, 3.63) is 35.9 Å². The molecule has 0 spiro atoms. The molecule has 0 aliphatic heterocycles. The van der Waals surface area contributed by atoms with Crippen LogP contribution in [0.4, 0.5) is 4.39 Å². The zero-order valence-electron chi connectivity index (χ0n) is 12.0. The molecule has 1 aromatic heterocycles. The van der Waals surface area contributed by atoms with Crippen LogP contribution in [-0.4, -0.2) is 27.1 Å². The highest BCUT2D eigenvalue weighted by atomic mass is 32.2. The third-order valence-electron chi connectivity index (χ3n) is 2.83. The first-order chi connectivity index (χ1) is 10.3. The molecule has 0 aliphatic carbocycles. The second-order valence-electron chi connectivity index (χ2n) is 4.38. The largest absolute Gasteiger partial charge is 0.490 e. The summed E-state index contributed by atoms with van der Waals surface area (Å²) in [6.45, 7) is 3.72. The molecule has 0 unspecified atom stereocenters. The maximum atomic E-state index is 13.4. The fourth-order valence-corrected chi connectivity index (χ4v) is 2.67. The van der Waals surface area contributed by atoms with Crippen molar-refractivity contribution in [2.75, 3.05) is 12.4 Å². The topological polar surface area (TPSA) is 66.0 Å². The number of para-hydroxylation sites is 1. The van der Waals surface area contributed by atoms with E-state index < -0.39 is 0 Å². The predicted octanol–water partition coefficient (Wildman–Crippen LogP) is 2.46. The molecular weight excluding hydrogens is 291 g/mol. The fourth-order valence-electron chi connectivity index (χ4n) is 1.87. The van der Waals surface area contributed by atoms with E-state index in [-0.39, 0.29) is 11.6 Å². The first-order valence-electron chi connectivity index (χ1n) is 6.88. The zero-order chi connectivity index (χ0) is 15.1. The molecule has 0 saturated heterocycles. The van der Waals surface area contributed by atoms with Gasteiger partial charge in [0.05, 0.1) is 13.2 Å². The monoisotopic (exact) mass is 310 g/mol. The molecule has 7 heteroatoms. The average Bonchev–Trinajstić information content (AvgIpc) is 2.88. The van der Waals surface area contributed by atoms with Crippen LogP contribution in [0.5, 0.6) is 5.75 Å². The van der Waals surface area contributed by atoms with Gasteiger partial charge < -0.3 is 15.0 Å². The Morgan fingerprint density at radius 1 is 1.33 bits per heavy atom. The lowest BCUT2D eigenvalue weighted by Gasteiger charge is -2.08. The molecule has 0 amide bonds. The molecule has 0 fully saturated rings. The van der Waals surface area contributed by atoms with Crippen molar-refractivity contribution in [2.24, 2.45) is 5.73 Å². The van der Waals surface area contributed by atoms with Crippen LogP contribution in [0, 0.1) is 5.82 Å². The Morgan fingerprint density at radius 2 is 2.14 bits per heavy atom. The van der Waals surface area contributed by atoms with Crippen LogP contribution in [0.15, 0.2) is 29.4 Å². The van der Waals surface area contributed by atoms with E-state index in [4.69, 9.17) is 10.5 Å². The molecule has 0 bridgehead atoms. The average molecular weight is 310 g/mol. The van der Waals surface area contributed by atoms with E-state index in [0.717, 1.165) is 23.9 Å². The first kappa shape index (κ1) is 15.8. The van der Waals surface area contributed by atoms with E-state index in [1.807, 2.05) is 4.57 Å². The highest BCUT2D eigenvalue weighted by molar-refractivity contribution is 7.99. The Bertz CT molecular complexity index is 576. The Hall–Kier alpha value is -1.60. The molecule has 1 aromatic carbocycles. The normalized spacial score (nSPS) is 10.8. The Kier molecular flexibility index (Phi) is 6.01. The molecular formula is C14H19FN4OS. The summed E-state index contributed by atoms with van der Waals surface area (Å²) in [4.78, 5) is 0. The lowest BCUT2D eigenvalue weighted by molar-refractivity contribution is 0.324. The molecule has 1 heterocycles. The summed E-state index contributed by atoms with van der Waals surface area (Å²) in [5.41, 5.74) is 5.64. The summed E-state index contributed by atoms with van der Waals surface area (Å²) in [7, 11) is 0. The number of hydrogen-bond acceptors (Lipinski definition) is 5. The Labute approximate surface area is 127 Å². The predicted molar refractivity (Wildman–Crippen MR) is 80.8 cm³/mol. The number of rotatable bonds is 8. The van der Waals surface area contributed by atoms with Gasteiger partial charge in [-0.2, -0.15) is 0 Å². The second-order valence-corrected chi connectivity index (χ2v) is 5.44. The molecule has 0 aliphatic rings. The number of thioether (sulfide) groups is 1. The van der Waals surface area contributed by atoms with Crippen LogP contribution in [0.2, 0.25) is 0 Å². The van der Waals surface area contributed by atoms with Crippen molar-refractivity contribution in [1.82, 2.24) is 14.8 Å². The molecule has 5 nitrogen and oxygen atoms in total. The minimum Gasteiger partial charge on any atom is -0.490 e. The number of aromatic nitrogens is 3. The molecule has 21 heavy (non-hydrogen) atoms. The van der Waals surface area contributed by atoms with Gasteiger partial charge in [0.1, 0.15) is 5.82 Å². The van der Waals surface area contributed by atoms with Gasteiger partial charge in [-0.25, -0.2) is 4.39 Å². The fraction of sp³-hybridized carbons (Fsp3) is 0.429. The van der Waals surface area contributed by atoms with E-state index in [0.29, 0.717) is 18.9 Å². The SMILES string of the molecule is CCCn1c(CN)nnc1SCCOc1ccccc1F. The summed E-state index contributed by atoms with van der Waals surface area (Å²) in [6, 6.07) is 6.38. The Morgan fingerprint density at radius 3 is 2.86 bits per heavy atom. The van der Waals surface area contributed by atoms with E-state index in [9.17, 15) is 4.39 Å². The van der Waals surface area contributed by atoms with Crippen LogP contribution in [-0.2, 0) is 13.1 Å². The lowest BCUT2D eigenvalue weighted by Crippen LogP contribution is -2.10. The third-order valence-corrected chi connectivity index (χ3v) is 3.76. The third kappa shape index (κ3) is 4.18. The smallest absolute Gasteiger partial charge is 0.191 e.